The molecule has 2 rings (SSSR count). The van der Waals surface area contributed by atoms with Crippen LogP contribution in [0, 0.1) is 6.92 Å². The van der Waals surface area contributed by atoms with Crippen LogP contribution < -0.4 is 9.62 Å². The van der Waals surface area contributed by atoms with Gasteiger partial charge in [0.2, 0.25) is 15.9 Å². The van der Waals surface area contributed by atoms with E-state index in [1.807, 2.05) is 0 Å². The summed E-state index contributed by atoms with van der Waals surface area (Å²) < 4.78 is 30.3. The van der Waals surface area contributed by atoms with E-state index in [9.17, 15) is 18.0 Å². The largest absolute Gasteiger partial charge is 0.462 e. The standard InChI is InChI=1S/C19H20Cl2N2O5S/c1-4-28-19(25)13-8-9-15(12(2)10-13)22-17(24)11-23(29(3,26)27)16-7-5-6-14(20)18(16)21/h5-10H,4,11H2,1-3H3,(H,22,24). The molecule has 29 heavy (non-hydrogen) atoms. The van der Waals surface area contributed by atoms with Gasteiger partial charge in [-0.25, -0.2) is 13.2 Å². The molecule has 0 aliphatic heterocycles. The third-order valence-electron chi connectivity index (χ3n) is 3.90. The number of halogens is 2. The Bertz CT molecular complexity index is 1040. The third kappa shape index (κ3) is 5.85. The minimum absolute atomic E-state index is 0.0300. The second-order valence-corrected chi connectivity index (χ2v) is 8.83. The molecule has 0 unspecified atom stereocenters. The van der Waals surface area contributed by atoms with Gasteiger partial charge < -0.3 is 10.1 Å². The van der Waals surface area contributed by atoms with Crippen molar-refractivity contribution in [3.8, 4) is 0 Å². The highest BCUT2D eigenvalue weighted by Crippen LogP contribution is 2.33. The lowest BCUT2D eigenvalue weighted by Crippen LogP contribution is -2.37. The lowest BCUT2D eigenvalue weighted by atomic mass is 10.1. The number of carbonyl (C=O) groups excluding carboxylic acids is 2. The number of hydrogen-bond acceptors (Lipinski definition) is 5. The predicted octanol–water partition coefficient (Wildman–Crippen LogP) is 3.88. The number of nitrogens with one attached hydrogen (secondary N) is 1. The summed E-state index contributed by atoms with van der Waals surface area (Å²) in [5.74, 6) is -1.05. The zero-order chi connectivity index (χ0) is 21.8. The second kappa shape index (κ2) is 9.47. The Morgan fingerprint density at radius 3 is 2.45 bits per heavy atom. The molecule has 0 atom stereocenters. The monoisotopic (exact) mass is 458 g/mol. The Morgan fingerprint density at radius 1 is 1.17 bits per heavy atom. The molecule has 0 aliphatic rings. The van der Waals surface area contributed by atoms with Gasteiger partial charge >= 0.3 is 5.97 Å². The average molecular weight is 459 g/mol. The maximum atomic E-state index is 12.5. The van der Waals surface area contributed by atoms with Gasteiger partial charge in [0.1, 0.15) is 6.54 Å². The van der Waals surface area contributed by atoms with Gasteiger partial charge in [0.15, 0.2) is 0 Å². The molecular formula is C19H20Cl2N2O5S. The van der Waals surface area contributed by atoms with Gasteiger partial charge in [-0.15, -0.1) is 0 Å². The Morgan fingerprint density at radius 2 is 1.86 bits per heavy atom. The maximum absolute atomic E-state index is 12.5. The van der Waals surface area contributed by atoms with Crippen LogP contribution in [0.2, 0.25) is 10.0 Å². The Kier molecular flexibility index (Phi) is 7.51. The number of benzene rings is 2. The van der Waals surface area contributed by atoms with Gasteiger partial charge in [-0.2, -0.15) is 0 Å². The van der Waals surface area contributed by atoms with E-state index in [1.54, 1.807) is 26.0 Å². The van der Waals surface area contributed by atoms with E-state index in [-0.39, 0.29) is 22.3 Å². The summed E-state index contributed by atoms with van der Waals surface area (Å²) in [7, 11) is -3.81. The third-order valence-corrected chi connectivity index (χ3v) is 5.83. The molecule has 0 heterocycles. The highest BCUT2D eigenvalue weighted by molar-refractivity contribution is 7.92. The van der Waals surface area contributed by atoms with E-state index in [0.29, 0.717) is 16.8 Å². The Labute approximate surface area is 179 Å². The topological polar surface area (TPSA) is 92.8 Å². The van der Waals surface area contributed by atoms with Gasteiger partial charge in [0.25, 0.3) is 0 Å². The molecular weight excluding hydrogens is 439 g/mol. The molecule has 0 fully saturated rings. The summed E-state index contributed by atoms with van der Waals surface area (Å²) in [6.45, 7) is 3.17. The number of amides is 1. The van der Waals surface area contributed by atoms with E-state index >= 15 is 0 Å². The van der Waals surface area contributed by atoms with Crippen LogP contribution in [0.4, 0.5) is 11.4 Å². The van der Waals surface area contributed by atoms with Crippen LogP contribution in [0.3, 0.4) is 0 Å². The molecule has 0 saturated heterocycles. The van der Waals surface area contributed by atoms with Crippen molar-refractivity contribution in [1.82, 2.24) is 0 Å². The van der Waals surface area contributed by atoms with Crippen LogP contribution in [0.25, 0.3) is 0 Å². The number of aryl methyl sites for hydroxylation is 1. The number of esters is 1. The minimum atomic E-state index is -3.81. The quantitative estimate of drug-likeness (QED) is 0.635. The summed E-state index contributed by atoms with van der Waals surface area (Å²) in [5, 5.41) is 2.84. The number of nitrogens with zero attached hydrogens (tertiary/aromatic N) is 1. The van der Waals surface area contributed by atoms with Crippen molar-refractivity contribution in [2.24, 2.45) is 0 Å². The Hall–Kier alpha value is -2.29. The summed E-state index contributed by atoms with van der Waals surface area (Å²) >= 11 is 12.1. The highest BCUT2D eigenvalue weighted by Gasteiger charge is 2.24. The number of hydrogen-bond donors (Lipinski definition) is 1. The van der Waals surface area contributed by atoms with E-state index in [0.717, 1.165) is 10.6 Å². The van der Waals surface area contributed by atoms with Crippen LogP contribution >= 0.6 is 23.2 Å². The van der Waals surface area contributed by atoms with Gasteiger partial charge in [-0.1, -0.05) is 29.3 Å². The van der Waals surface area contributed by atoms with Crippen molar-refractivity contribution in [3.05, 3.63) is 57.6 Å². The van der Waals surface area contributed by atoms with E-state index < -0.39 is 28.4 Å². The molecule has 0 radical (unpaired) electrons. The van der Waals surface area contributed by atoms with Gasteiger partial charge in [-0.05, 0) is 49.7 Å². The van der Waals surface area contributed by atoms with Crippen molar-refractivity contribution in [3.63, 3.8) is 0 Å². The molecule has 0 aliphatic carbocycles. The molecule has 10 heteroatoms. The average Bonchev–Trinajstić information content (AvgIpc) is 2.63. The molecule has 1 amide bonds. The van der Waals surface area contributed by atoms with Gasteiger partial charge in [0.05, 0.1) is 34.2 Å². The second-order valence-electron chi connectivity index (χ2n) is 6.14. The lowest BCUT2D eigenvalue weighted by Gasteiger charge is -2.23. The fourth-order valence-electron chi connectivity index (χ4n) is 2.53. The normalized spacial score (nSPS) is 11.1. The van der Waals surface area contributed by atoms with Crippen molar-refractivity contribution >= 4 is 56.5 Å². The van der Waals surface area contributed by atoms with E-state index in [2.05, 4.69) is 5.32 Å². The number of anilines is 2. The van der Waals surface area contributed by atoms with Crippen molar-refractivity contribution in [1.29, 1.82) is 0 Å². The van der Waals surface area contributed by atoms with Crippen LogP contribution in [0.1, 0.15) is 22.8 Å². The van der Waals surface area contributed by atoms with Crippen LogP contribution in [-0.4, -0.2) is 39.7 Å². The molecule has 0 saturated carbocycles. The molecule has 0 bridgehead atoms. The molecule has 2 aromatic carbocycles. The molecule has 2 aromatic rings. The molecule has 1 N–H and O–H groups in total. The lowest BCUT2D eigenvalue weighted by molar-refractivity contribution is -0.114. The van der Waals surface area contributed by atoms with E-state index in [4.69, 9.17) is 27.9 Å². The summed E-state index contributed by atoms with van der Waals surface area (Å²) in [4.78, 5) is 24.3. The SMILES string of the molecule is CCOC(=O)c1ccc(NC(=O)CN(c2cccc(Cl)c2Cl)S(C)(=O)=O)c(C)c1. The number of carbonyl (C=O) groups is 2. The fraction of sp³-hybridized carbons (Fsp3) is 0.263. The van der Waals surface area contributed by atoms with Crippen LogP contribution in [0.5, 0.6) is 0 Å². The predicted molar refractivity (Wildman–Crippen MR) is 114 cm³/mol. The summed E-state index contributed by atoms with van der Waals surface area (Å²) in [6, 6.07) is 9.16. The molecule has 0 aromatic heterocycles. The highest BCUT2D eigenvalue weighted by atomic mass is 35.5. The fourth-order valence-corrected chi connectivity index (χ4v) is 3.84. The number of ether oxygens (including phenoxy) is 1. The number of sulfonamides is 1. The van der Waals surface area contributed by atoms with Crippen molar-refractivity contribution < 1.29 is 22.7 Å². The zero-order valence-electron chi connectivity index (χ0n) is 16.0. The van der Waals surface area contributed by atoms with Gasteiger partial charge in [-0.3, -0.25) is 9.10 Å². The van der Waals surface area contributed by atoms with Gasteiger partial charge in [0, 0.05) is 5.69 Å². The first-order valence-corrected chi connectivity index (χ1v) is 11.1. The smallest absolute Gasteiger partial charge is 0.338 e. The summed E-state index contributed by atoms with van der Waals surface area (Å²) in [5.41, 5.74) is 1.52. The van der Waals surface area contributed by atoms with Crippen LogP contribution in [0.15, 0.2) is 36.4 Å². The maximum Gasteiger partial charge on any atom is 0.338 e. The van der Waals surface area contributed by atoms with E-state index in [1.165, 1.54) is 24.3 Å². The van der Waals surface area contributed by atoms with Crippen molar-refractivity contribution in [2.45, 2.75) is 13.8 Å². The Balaban J connectivity index is 2.23. The molecule has 7 nitrogen and oxygen atoms in total. The summed E-state index contributed by atoms with van der Waals surface area (Å²) in [6.07, 6.45) is 0.969. The minimum Gasteiger partial charge on any atom is -0.462 e. The first kappa shape index (κ1) is 23.0. The number of rotatable bonds is 7. The first-order chi connectivity index (χ1) is 13.5. The molecule has 0 spiro atoms. The zero-order valence-corrected chi connectivity index (χ0v) is 18.4. The molecule has 156 valence electrons. The van der Waals surface area contributed by atoms with Crippen molar-refractivity contribution in [2.75, 3.05) is 29.0 Å². The van der Waals surface area contributed by atoms with Crippen LogP contribution in [-0.2, 0) is 19.6 Å². The first-order valence-electron chi connectivity index (χ1n) is 8.54.